The topological polar surface area (TPSA) is 67.5 Å². The molecule has 0 bridgehead atoms. The first kappa shape index (κ1) is 27.9. The number of amides is 1. The first-order valence-corrected chi connectivity index (χ1v) is 13.4. The van der Waals surface area contributed by atoms with Crippen LogP contribution in [0.4, 0.5) is 0 Å². The summed E-state index contributed by atoms with van der Waals surface area (Å²) in [7, 11) is 0. The van der Waals surface area contributed by atoms with E-state index in [1.54, 1.807) is 0 Å². The molecule has 0 atom stereocenters. The minimum absolute atomic E-state index is 0.229. The fraction of sp³-hybridized carbons (Fsp3) is 0.419. The molecule has 0 spiro atoms. The largest absolute Gasteiger partial charge is 0.369 e. The zero-order valence-corrected chi connectivity index (χ0v) is 22.7. The lowest BCUT2D eigenvalue weighted by Gasteiger charge is -2.22. The summed E-state index contributed by atoms with van der Waals surface area (Å²) in [4.78, 5) is 16.3. The van der Waals surface area contributed by atoms with Crippen molar-refractivity contribution < 1.29 is 4.79 Å². The van der Waals surface area contributed by atoms with Crippen molar-refractivity contribution in [3.8, 4) is 0 Å². The van der Waals surface area contributed by atoms with Gasteiger partial charge in [-0.15, -0.1) is 0 Å². The van der Waals surface area contributed by atoms with Crippen molar-refractivity contribution in [2.75, 3.05) is 13.1 Å². The maximum atomic E-state index is 11.8. The highest BCUT2D eigenvalue weighted by molar-refractivity contribution is 6.43. The minimum atomic E-state index is -0.466. The number of carbonyl (C=O) groups is 1. The Hall–Kier alpha value is -2.69. The van der Waals surface area contributed by atoms with Gasteiger partial charge in [-0.1, -0.05) is 78.4 Å². The van der Waals surface area contributed by atoms with Crippen LogP contribution in [0.15, 0.2) is 76.9 Å². The lowest BCUT2D eigenvalue weighted by atomic mass is 9.88. The number of allylic oxidation sites excluding steroid dienone is 3. The molecule has 0 aromatic heterocycles. The van der Waals surface area contributed by atoms with Crippen molar-refractivity contribution in [2.45, 2.75) is 70.6 Å². The van der Waals surface area contributed by atoms with Crippen LogP contribution in [0.2, 0.25) is 0 Å². The molecule has 1 aliphatic carbocycles. The standard InChI is InChI=1S/C19H23ClN2O.C12H17N/c1-4-16(20)17(22-13(2)3)10-9-14-7-5-6-8-15(14)19(11-12-19)18(21)23;1-10-2-4-11(5-3-10)12-6-8-13-9-7-12/h4-8H,2,9-12H2,1,3H3,(H2,21,23);2-5,12-13H,6-9H2,1H3/b16-4+,22-17?;. The number of benzene rings is 2. The molecule has 2 aromatic rings. The molecule has 3 N–H and O–H groups in total. The average Bonchev–Trinajstić information content (AvgIpc) is 3.70. The Bertz CT molecular complexity index is 1110. The molecule has 2 aliphatic rings. The summed E-state index contributed by atoms with van der Waals surface area (Å²) in [5.74, 6) is 0.564. The van der Waals surface area contributed by atoms with Crippen LogP contribution in [0.25, 0.3) is 0 Å². The predicted molar refractivity (Wildman–Crippen MR) is 153 cm³/mol. The van der Waals surface area contributed by atoms with Crippen LogP contribution in [-0.4, -0.2) is 24.7 Å². The smallest absolute Gasteiger partial charge is 0.228 e. The number of carbonyl (C=O) groups excluding carboxylic acids is 1. The van der Waals surface area contributed by atoms with Gasteiger partial charge in [0.05, 0.1) is 16.2 Å². The molecule has 4 nitrogen and oxygen atoms in total. The van der Waals surface area contributed by atoms with E-state index in [1.165, 1.54) is 37.1 Å². The number of nitrogens with one attached hydrogen (secondary N) is 1. The van der Waals surface area contributed by atoms with Gasteiger partial charge in [0.15, 0.2) is 0 Å². The lowest BCUT2D eigenvalue weighted by Crippen LogP contribution is -2.29. The summed E-state index contributed by atoms with van der Waals surface area (Å²) < 4.78 is 0. The van der Waals surface area contributed by atoms with E-state index < -0.39 is 5.41 Å². The second-order valence-electron chi connectivity index (χ2n) is 9.97. The van der Waals surface area contributed by atoms with Crippen LogP contribution in [0.1, 0.15) is 74.1 Å². The maximum absolute atomic E-state index is 11.8. The number of piperidine rings is 1. The van der Waals surface area contributed by atoms with E-state index in [0.717, 1.165) is 47.7 Å². The molecule has 1 saturated carbocycles. The van der Waals surface area contributed by atoms with Gasteiger partial charge in [0.1, 0.15) is 0 Å². The maximum Gasteiger partial charge on any atom is 0.228 e. The Labute approximate surface area is 221 Å². The van der Waals surface area contributed by atoms with Crippen molar-refractivity contribution >= 4 is 23.2 Å². The number of halogens is 1. The monoisotopic (exact) mass is 505 g/mol. The van der Waals surface area contributed by atoms with Crippen molar-refractivity contribution in [3.63, 3.8) is 0 Å². The van der Waals surface area contributed by atoms with Crippen molar-refractivity contribution in [2.24, 2.45) is 10.7 Å². The van der Waals surface area contributed by atoms with Gasteiger partial charge in [-0.05, 0) is 95.0 Å². The Kier molecular flexibility index (Phi) is 10.1. The Morgan fingerprint density at radius 3 is 2.36 bits per heavy atom. The average molecular weight is 506 g/mol. The number of nitrogens with zero attached hydrogens (tertiary/aromatic N) is 1. The molecule has 0 radical (unpaired) electrons. The summed E-state index contributed by atoms with van der Waals surface area (Å²) in [6.45, 7) is 12.1. The fourth-order valence-corrected chi connectivity index (χ4v) is 4.99. The second-order valence-corrected chi connectivity index (χ2v) is 10.4. The van der Waals surface area contributed by atoms with E-state index in [0.29, 0.717) is 11.5 Å². The van der Waals surface area contributed by atoms with Gasteiger partial charge in [-0.2, -0.15) is 0 Å². The van der Waals surface area contributed by atoms with Gasteiger partial charge in [-0.25, -0.2) is 0 Å². The third-order valence-corrected chi connectivity index (χ3v) is 7.56. The number of aryl methyl sites for hydroxylation is 2. The van der Waals surface area contributed by atoms with Crippen molar-refractivity contribution in [1.29, 1.82) is 0 Å². The molecule has 4 rings (SSSR count). The molecule has 1 saturated heterocycles. The fourth-order valence-electron chi connectivity index (χ4n) is 4.85. The summed E-state index contributed by atoms with van der Waals surface area (Å²) in [5.41, 5.74) is 11.8. The summed E-state index contributed by atoms with van der Waals surface area (Å²) in [6, 6.07) is 17.0. The molecule has 192 valence electrons. The molecular formula is C31H40ClN3O. The second kappa shape index (κ2) is 13.0. The van der Waals surface area contributed by atoms with Crippen LogP contribution in [0.5, 0.6) is 0 Å². The third-order valence-electron chi connectivity index (χ3n) is 7.13. The zero-order valence-electron chi connectivity index (χ0n) is 21.9. The zero-order chi connectivity index (χ0) is 26.1. The van der Waals surface area contributed by atoms with Crippen LogP contribution < -0.4 is 11.1 Å². The van der Waals surface area contributed by atoms with Crippen molar-refractivity contribution in [3.05, 3.63) is 94.2 Å². The molecule has 36 heavy (non-hydrogen) atoms. The van der Waals surface area contributed by atoms with Gasteiger partial charge < -0.3 is 11.1 Å². The summed E-state index contributed by atoms with van der Waals surface area (Å²) in [5, 5.41) is 4.04. The summed E-state index contributed by atoms with van der Waals surface area (Å²) >= 11 is 6.25. The van der Waals surface area contributed by atoms with E-state index in [-0.39, 0.29) is 5.91 Å². The SMILES string of the molecule is C=C(C)N=C(CCc1ccccc1C1(C(N)=O)CC1)/C(Cl)=C\C.Cc1ccc(C2CCNCC2)cc1. The number of nitrogens with two attached hydrogens (primary N) is 1. The normalized spacial score (nSPS) is 17.7. The highest BCUT2D eigenvalue weighted by Crippen LogP contribution is 2.49. The molecule has 2 aromatic carbocycles. The number of hydrogen-bond donors (Lipinski definition) is 2. The Morgan fingerprint density at radius 2 is 1.81 bits per heavy atom. The predicted octanol–water partition coefficient (Wildman–Crippen LogP) is 6.72. The molecule has 0 unspecified atom stereocenters. The van der Waals surface area contributed by atoms with E-state index in [1.807, 2.05) is 38.1 Å². The van der Waals surface area contributed by atoms with Crippen LogP contribution in [0, 0.1) is 6.92 Å². The highest BCUT2D eigenvalue weighted by Gasteiger charge is 2.50. The molecule has 1 aliphatic heterocycles. The minimum Gasteiger partial charge on any atom is -0.369 e. The van der Waals surface area contributed by atoms with Crippen LogP contribution >= 0.6 is 11.6 Å². The molecular weight excluding hydrogens is 466 g/mol. The number of rotatable bonds is 8. The van der Waals surface area contributed by atoms with Crippen LogP contribution in [-0.2, 0) is 16.6 Å². The first-order chi connectivity index (χ1) is 17.3. The third kappa shape index (κ3) is 7.41. The molecule has 2 fully saturated rings. The van der Waals surface area contributed by atoms with Gasteiger partial charge >= 0.3 is 0 Å². The number of aliphatic imine (C=N–C) groups is 1. The number of primary amides is 1. The van der Waals surface area contributed by atoms with Gasteiger partial charge in [0.25, 0.3) is 0 Å². The van der Waals surface area contributed by atoms with E-state index in [4.69, 9.17) is 17.3 Å². The Morgan fingerprint density at radius 1 is 1.17 bits per heavy atom. The summed E-state index contributed by atoms with van der Waals surface area (Å²) in [6.07, 6.45) is 7.56. The molecule has 1 heterocycles. The molecule has 1 amide bonds. The van der Waals surface area contributed by atoms with Gasteiger partial charge in [-0.3, -0.25) is 9.79 Å². The van der Waals surface area contributed by atoms with Crippen molar-refractivity contribution in [1.82, 2.24) is 5.32 Å². The van der Waals surface area contributed by atoms with Gasteiger partial charge in [0.2, 0.25) is 5.91 Å². The van der Waals surface area contributed by atoms with E-state index >= 15 is 0 Å². The van der Waals surface area contributed by atoms with Crippen LogP contribution in [0.3, 0.4) is 0 Å². The quantitative estimate of drug-likeness (QED) is 0.391. The van der Waals surface area contributed by atoms with Gasteiger partial charge in [0, 0.05) is 5.70 Å². The number of hydrogen-bond acceptors (Lipinski definition) is 3. The Balaban J connectivity index is 0.000000233. The van der Waals surface area contributed by atoms with E-state index in [2.05, 4.69) is 54.1 Å². The molecule has 5 heteroatoms. The highest BCUT2D eigenvalue weighted by atomic mass is 35.5. The lowest BCUT2D eigenvalue weighted by molar-refractivity contribution is -0.120. The van der Waals surface area contributed by atoms with E-state index in [9.17, 15) is 4.79 Å². The first-order valence-electron chi connectivity index (χ1n) is 13.0.